The summed E-state index contributed by atoms with van der Waals surface area (Å²) < 4.78 is 0.661. The molecule has 1 amide bonds. The van der Waals surface area contributed by atoms with E-state index in [4.69, 9.17) is 0 Å². The molecule has 0 aliphatic carbocycles. The first-order valence-electron chi connectivity index (χ1n) is 6.05. The van der Waals surface area contributed by atoms with E-state index in [9.17, 15) is 4.79 Å². The number of H-pyrrole nitrogens is 1. The molecule has 0 saturated carbocycles. The molecule has 0 radical (unpaired) electrons. The third kappa shape index (κ3) is 3.89. The zero-order valence-electron chi connectivity index (χ0n) is 10.6. The molecule has 2 N–H and O–H groups in total. The molecule has 0 aromatic carbocycles. The molecular weight excluding hydrogens is 308 g/mol. The molecule has 2 aromatic rings. The van der Waals surface area contributed by atoms with E-state index in [1.807, 2.05) is 13.1 Å². The summed E-state index contributed by atoms with van der Waals surface area (Å²) in [5, 5.41) is 9.76. The smallest absolute Gasteiger partial charge is 0.251 e. The van der Waals surface area contributed by atoms with Gasteiger partial charge in [-0.2, -0.15) is 5.10 Å². The number of nitrogens with one attached hydrogen (secondary N) is 2. The monoisotopic (exact) mass is 322 g/mol. The molecule has 0 saturated heterocycles. The van der Waals surface area contributed by atoms with Crippen molar-refractivity contribution in [2.45, 2.75) is 19.8 Å². The molecule has 0 unspecified atom stereocenters. The summed E-state index contributed by atoms with van der Waals surface area (Å²) in [4.78, 5) is 15.8. The second-order valence-corrected chi connectivity index (χ2v) is 5.06. The first-order valence-corrected chi connectivity index (χ1v) is 6.84. The third-order valence-corrected chi connectivity index (χ3v) is 3.27. The zero-order chi connectivity index (χ0) is 13.7. The second-order valence-electron chi connectivity index (χ2n) is 4.25. The zero-order valence-corrected chi connectivity index (χ0v) is 12.2. The van der Waals surface area contributed by atoms with Gasteiger partial charge in [0.2, 0.25) is 0 Å². The third-order valence-electron chi connectivity index (χ3n) is 2.83. The van der Waals surface area contributed by atoms with Gasteiger partial charge in [-0.05, 0) is 53.4 Å². The predicted molar refractivity (Wildman–Crippen MR) is 75.9 cm³/mol. The summed E-state index contributed by atoms with van der Waals surface area (Å²) in [5.74, 6) is -0.0768. The van der Waals surface area contributed by atoms with Crippen LogP contribution in [0.3, 0.4) is 0 Å². The number of carbonyl (C=O) groups excluding carboxylic acids is 1. The first-order chi connectivity index (χ1) is 9.16. The summed E-state index contributed by atoms with van der Waals surface area (Å²) in [5.41, 5.74) is 2.90. The van der Waals surface area contributed by atoms with E-state index in [2.05, 4.69) is 36.4 Å². The Balaban J connectivity index is 1.77. The summed E-state index contributed by atoms with van der Waals surface area (Å²) in [7, 11) is 0. The number of aryl methyl sites for hydroxylation is 2. The fraction of sp³-hybridized carbons (Fsp3) is 0.308. The van der Waals surface area contributed by atoms with E-state index >= 15 is 0 Å². The lowest BCUT2D eigenvalue weighted by molar-refractivity contribution is 0.0953. The van der Waals surface area contributed by atoms with Crippen LogP contribution in [0, 0.1) is 6.92 Å². The fourth-order valence-electron chi connectivity index (χ4n) is 1.75. The Morgan fingerprint density at radius 1 is 1.53 bits per heavy atom. The molecule has 2 aromatic heterocycles. The maximum Gasteiger partial charge on any atom is 0.251 e. The molecule has 2 heterocycles. The maximum absolute atomic E-state index is 11.8. The lowest BCUT2D eigenvalue weighted by Gasteiger charge is -2.05. The van der Waals surface area contributed by atoms with Crippen molar-refractivity contribution in [1.82, 2.24) is 20.5 Å². The quantitative estimate of drug-likeness (QED) is 0.655. The van der Waals surface area contributed by atoms with E-state index in [1.54, 1.807) is 18.3 Å². The van der Waals surface area contributed by atoms with Crippen LogP contribution in [-0.4, -0.2) is 27.6 Å². The predicted octanol–water partition coefficient (Wildman–Crippen LogP) is 2.24. The van der Waals surface area contributed by atoms with Crippen molar-refractivity contribution < 1.29 is 4.79 Å². The number of amides is 1. The Morgan fingerprint density at radius 2 is 2.37 bits per heavy atom. The largest absolute Gasteiger partial charge is 0.352 e. The number of nitrogens with zero attached hydrogens (tertiary/aromatic N) is 2. The molecule has 0 aliphatic heterocycles. The minimum atomic E-state index is -0.0768. The number of aromatic amines is 1. The number of rotatable bonds is 5. The van der Waals surface area contributed by atoms with Crippen molar-refractivity contribution in [3.63, 3.8) is 0 Å². The standard InChI is InChI=1S/C13H15BrN4O/c1-9-11(8-17-18-9)3-2-5-16-13(19)10-4-6-15-12(14)7-10/h4,6-8H,2-3,5H2,1H3,(H,16,19)(H,17,18). The molecule has 0 bridgehead atoms. The Labute approximate surface area is 120 Å². The summed E-state index contributed by atoms with van der Waals surface area (Å²) in [6, 6.07) is 3.40. The SMILES string of the molecule is Cc1[nH]ncc1CCCNC(=O)c1ccnc(Br)c1. The number of carbonyl (C=O) groups is 1. The van der Waals surface area contributed by atoms with Gasteiger partial charge in [0.05, 0.1) is 6.20 Å². The molecule has 0 atom stereocenters. The van der Waals surface area contributed by atoms with Gasteiger partial charge in [-0.25, -0.2) is 4.98 Å². The minimum Gasteiger partial charge on any atom is -0.352 e. The van der Waals surface area contributed by atoms with Crippen molar-refractivity contribution in [3.8, 4) is 0 Å². The molecule has 0 spiro atoms. The van der Waals surface area contributed by atoms with Gasteiger partial charge in [0.25, 0.3) is 5.91 Å². The van der Waals surface area contributed by atoms with Crippen LogP contribution in [0.15, 0.2) is 29.1 Å². The molecule has 2 rings (SSSR count). The van der Waals surface area contributed by atoms with Crippen LogP contribution in [0.4, 0.5) is 0 Å². The highest BCUT2D eigenvalue weighted by Crippen LogP contribution is 2.08. The number of hydrogen-bond acceptors (Lipinski definition) is 3. The van der Waals surface area contributed by atoms with E-state index in [0.29, 0.717) is 16.7 Å². The van der Waals surface area contributed by atoms with Gasteiger partial charge in [-0.3, -0.25) is 9.89 Å². The second kappa shape index (κ2) is 6.47. The van der Waals surface area contributed by atoms with Crippen molar-refractivity contribution in [3.05, 3.63) is 46.0 Å². The van der Waals surface area contributed by atoms with Gasteiger partial charge in [0, 0.05) is 24.0 Å². The van der Waals surface area contributed by atoms with E-state index < -0.39 is 0 Å². The van der Waals surface area contributed by atoms with Crippen LogP contribution in [0.1, 0.15) is 28.0 Å². The Hall–Kier alpha value is -1.69. The van der Waals surface area contributed by atoms with E-state index in [-0.39, 0.29) is 5.91 Å². The Kier molecular flexibility index (Phi) is 4.68. The van der Waals surface area contributed by atoms with Gasteiger partial charge in [-0.1, -0.05) is 0 Å². The summed E-state index contributed by atoms with van der Waals surface area (Å²) in [6.07, 6.45) is 5.23. The van der Waals surface area contributed by atoms with Crippen LogP contribution in [0.2, 0.25) is 0 Å². The van der Waals surface area contributed by atoms with Crippen molar-refractivity contribution in [2.24, 2.45) is 0 Å². The normalized spacial score (nSPS) is 10.4. The van der Waals surface area contributed by atoms with Crippen LogP contribution in [0.25, 0.3) is 0 Å². The minimum absolute atomic E-state index is 0.0768. The number of aromatic nitrogens is 3. The molecular formula is C13H15BrN4O. The average Bonchev–Trinajstić information content (AvgIpc) is 2.80. The van der Waals surface area contributed by atoms with Crippen LogP contribution in [-0.2, 0) is 6.42 Å². The Bertz CT molecular complexity index is 567. The van der Waals surface area contributed by atoms with Gasteiger partial charge in [0.1, 0.15) is 4.60 Å². The van der Waals surface area contributed by atoms with Crippen LogP contribution >= 0.6 is 15.9 Å². The highest BCUT2D eigenvalue weighted by atomic mass is 79.9. The van der Waals surface area contributed by atoms with E-state index in [0.717, 1.165) is 18.5 Å². The first kappa shape index (κ1) is 13.7. The van der Waals surface area contributed by atoms with Gasteiger partial charge in [0.15, 0.2) is 0 Å². The molecule has 6 heteroatoms. The van der Waals surface area contributed by atoms with Gasteiger partial charge < -0.3 is 5.32 Å². The fourth-order valence-corrected chi connectivity index (χ4v) is 2.12. The van der Waals surface area contributed by atoms with Gasteiger partial charge in [-0.15, -0.1) is 0 Å². The van der Waals surface area contributed by atoms with Crippen LogP contribution in [0.5, 0.6) is 0 Å². The van der Waals surface area contributed by atoms with E-state index in [1.165, 1.54) is 5.56 Å². The number of pyridine rings is 1. The highest BCUT2D eigenvalue weighted by Gasteiger charge is 2.06. The molecule has 19 heavy (non-hydrogen) atoms. The summed E-state index contributed by atoms with van der Waals surface area (Å²) >= 11 is 3.24. The van der Waals surface area contributed by atoms with Crippen LogP contribution < -0.4 is 5.32 Å². The maximum atomic E-state index is 11.8. The number of hydrogen-bond donors (Lipinski definition) is 2. The molecule has 0 fully saturated rings. The lowest BCUT2D eigenvalue weighted by atomic mass is 10.1. The molecule has 0 aliphatic rings. The summed E-state index contributed by atoms with van der Waals surface area (Å²) in [6.45, 7) is 2.64. The average molecular weight is 323 g/mol. The number of halogens is 1. The Morgan fingerprint density at radius 3 is 3.05 bits per heavy atom. The van der Waals surface area contributed by atoms with Crippen molar-refractivity contribution >= 4 is 21.8 Å². The molecule has 100 valence electrons. The lowest BCUT2D eigenvalue weighted by Crippen LogP contribution is -2.24. The highest BCUT2D eigenvalue weighted by molar-refractivity contribution is 9.10. The topological polar surface area (TPSA) is 70.7 Å². The van der Waals surface area contributed by atoms with Gasteiger partial charge >= 0.3 is 0 Å². The van der Waals surface area contributed by atoms with Crippen molar-refractivity contribution in [1.29, 1.82) is 0 Å². The van der Waals surface area contributed by atoms with Crippen molar-refractivity contribution in [2.75, 3.05) is 6.54 Å². The molecule has 5 nitrogen and oxygen atoms in total.